The van der Waals surface area contributed by atoms with E-state index in [-0.39, 0.29) is 31.8 Å². The lowest BCUT2D eigenvalue weighted by molar-refractivity contribution is -0.144. The molecule has 0 bridgehead atoms. The van der Waals surface area contributed by atoms with Crippen LogP contribution < -0.4 is 16.4 Å². The van der Waals surface area contributed by atoms with Crippen molar-refractivity contribution in [3.05, 3.63) is 0 Å². The predicted octanol–water partition coefficient (Wildman–Crippen LogP) is -0.190. The second-order valence-electron chi connectivity index (χ2n) is 7.40. The van der Waals surface area contributed by atoms with Crippen molar-refractivity contribution in [1.29, 1.82) is 0 Å². The number of carbonyl (C=O) groups is 4. The predicted molar refractivity (Wildman–Crippen MR) is 96.8 cm³/mol. The number of likely N-dealkylation sites (tertiary alicyclic amines) is 1. The van der Waals surface area contributed by atoms with Crippen LogP contribution in [-0.4, -0.2) is 71.2 Å². The van der Waals surface area contributed by atoms with Gasteiger partial charge in [-0.05, 0) is 46.6 Å². The van der Waals surface area contributed by atoms with E-state index in [0.717, 1.165) is 0 Å². The lowest BCUT2D eigenvalue weighted by Crippen LogP contribution is -2.51. The van der Waals surface area contributed by atoms with Crippen LogP contribution in [0.25, 0.3) is 0 Å². The van der Waals surface area contributed by atoms with Crippen LogP contribution in [0.1, 0.15) is 46.5 Å². The molecule has 0 unspecified atom stereocenters. The monoisotopic (exact) mass is 386 g/mol. The van der Waals surface area contributed by atoms with Crippen molar-refractivity contribution in [2.75, 3.05) is 19.6 Å². The van der Waals surface area contributed by atoms with E-state index < -0.39 is 35.7 Å². The lowest BCUT2D eigenvalue weighted by Gasteiger charge is -2.25. The molecule has 0 aromatic rings. The van der Waals surface area contributed by atoms with Gasteiger partial charge in [0, 0.05) is 19.5 Å². The number of aliphatic carboxylic acids is 1. The quantitative estimate of drug-likeness (QED) is 0.451. The molecule has 27 heavy (non-hydrogen) atoms. The molecular formula is C17H30N4O6. The largest absolute Gasteiger partial charge is 0.480 e. The van der Waals surface area contributed by atoms with Crippen molar-refractivity contribution in [1.82, 2.24) is 15.5 Å². The standard InChI is InChI=1S/C17H30N4O6/c1-17(2,3)27-16(26)19-9-7-13(22)21-10-4-5-12(21)14(23)20-11(6-8-18)15(24)25/h11-12H,4-10,18H2,1-3H3,(H,19,26)(H,20,23)(H,24,25)/t11-,12-/m0/s1. The SMILES string of the molecule is CC(C)(C)OC(=O)NCCC(=O)N1CCC[C@H]1C(=O)N[C@@H](CCN)C(=O)O. The molecule has 1 heterocycles. The number of carbonyl (C=O) groups excluding carboxylic acids is 3. The summed E-state index contributed by atoms with van der Waals surface area (Å²) in [6.45, 7) is 5.84. The Kier molecular flexibility index (Phi) is 8.48. The van der Waals surface area contributed by atoms with Gasteiger partial charge < -0.3 is 31.1 Å². The van der Waals surface area contributed by atoms with Gasteiger partial charge in [0.1, 0.15) is 17.7 Å². The van der Waals surface area contributed by atoms with Crippen LogP contribution in [0.15, 0.2) is 0 Å². The molecule has 0 saturated carbocycles. The summed E-state index contributed by atoms with van der Waals surface area (Å²) in [5, 5.41) is 14.1. The van der Waals surface area contributed by atoms with E-state index in [9.17, 15) is 19.2 Å². The summed E-state index contributed by atoms with van der Waals surface area (Å²) in [6, 6.07) is -1.78. The molecule has 5 N–H and O–H groups in total. The number of hydrogen-bond donors (Lipinski definition) is 4. The third kappa shape index (κ3) is 7.81. The zero-order valence-corrected chi connectivity index (χ0v) is 16.1. The van der Waals surface area contributed by atoms with Gasteiger partial charge in [-0.1, -0.05) is 0 Å². The van der Waals surface area contributed by atoms with Gasteiger partial charge in [0.25, 0.3) is 0 Å². The molecule has 2 atom stereocenters. The molecule has 3 amide bonds. The molecule has 1 saturated heterocycles. The zero-order chi connectivity index (χ0) is 20.6. The van der Waals surface area contributed by atoms with Crippen molar-refractivity contribution in [3.63, 3.8) is 0 Å². The summed E-state index contributed by atoms with van der Waals surface area (Å²) in [5.74, 6) is -1.94. The van der Waals surface area contributed by atoms with Crippen molar-refractivity contribution in [2.24, 2.45) is 5.73 Å². The number of carboxylic acid groups (broad SMARTS) is 1. The molecule has 154 valence electrons. The van der Waals surface area contributed by atoms with Crippen LogP contribution in [0.3, 0.4) is 0 Å². The van der Waals surface area contributed by atoms with E-state index in [1.54, 1.807) is 20.8 Å². The average molecular weight is 386 g/mol. The van der Waals surface area contributed by atoms with E-state index in [4.69, 9.17) is 15.6 Å². The maximum absolute atomic E-state index is 12.4. The van der Waals surface area contributed by atoms with E-state index in [0.29, 0.717) is 19.4 Å². The highest BCUT2D eigenvalue weighted by atomic mass is 16.6. The van der Waals surface area contributed by atoms with Gasteiger partial charge >= 0.3 is 12.1 Å². The molecule has 1 aliphatic rings. The number of nitrogens with zero attached hydrogens (tertiary/aromatic N) is 1. The Balaban J connectivity index is 2.53. The first-order chi connectivity index (χ1) is 12.5. The van der Waals surface area contributed by atoms with Gasteiger partial charge in [-0.25, -0.2) is 9.59 Å². The van der Waals surface area contributed by atoms with E-state index in [1.807, 2.05) is 0 Å². The molecule has 0 aromatic carbocycles. The molecule has 10 heteroatoms. The second-order valence-corrected chi connectivity index (χ2v) is 7.40. The van der Waals surface area contributed by atoms with Crippen LogP contribution in [0.5, 0.6) is 0 Å². The van der Waals surface area contributed by atoms with Gasteiger partial charge in [-0.3, -0.25) is 9.59 Å². The Labute approximate surface area is 158 Å². The van der Waals surface area contributed by atoms with Crippen LogP contribution in [0, 0.1) is 0 Å². The van der Waals surface area contributed by atoms with Crippen LogP contribution in [0.4, 0.5) is 4.79 Å². The van der Waals surface area contributed by atoms with Gasteiger partial charge in [-0.2, -0.15) is 0 Å². The molecule has 0 spiro atoms. The number of rotatable bonds is 8. The fraction of sp³-hybridized carbons (Fsp3) is 0.765. The fourth-order valence-electron chi connectivity index (χ4n) is 2.76. The Morgan fingerprint density at radius 1 is 1.30 bits per heavy atom. The van der Waals surface area contributed by atoms with E-state index in [1.165, 1.54) is 4.90 Å². The van der Waals surface area contributed by atoms with Gasteiger partial charge in [0.15, 0.2) is 0 Å². The summed E-state index contributed by atoms with van der Waals surface area (Å²) < 4.78 is 5.09. The third-order valence-corrected chi connectivity index (χ3v) is 3.95. The molecule has 0 radical (unpaired) electrons. The van der Waals surface area contributed by atoms with Gasteiger partial charge in [0.2, 0.25) is 11.8 Å². The minimum absolute atomic E-state index is 0.0220. The highest BCUT2D eigenvalue weighted by Gasteiger charge is 2.35. The molecule has 0 aliphatic carbocycles. The first-order valence-corrected chi connectivity index (χ1v) is 9.04. The molecule has 1 fully saturated rings. The topological polar surface area (TPSA) is 151 Å². The van der Waals surface area contributed by atoms with E-state index in [2.05, 4.69) is 10.6 Å². The number of ether oxygens (including phenoxy) is 1. The Hall–Kier alpha value is -2.36. The molecule has 1 rings (SSSR count). The number of nitrogens with one attached hydrogen (secondary N) is 2. The molecular weight excluding hydrogens is 356 g/mol. The van der Waals surface area contributed by atoms with Gasteiger partial charge in [0.05, 0.1) is 0 Å². The first kappa shape index (κ1) is 22.7. The van der Waals surface area contributed by atoms with Crippen LogP contribution >= 0.6 is 0 Å². The number of alkyl carbamates (subject to hydrolysis) is 1. The highest BCUT2D eigenvalue weighted by molar-refractivity contribution is 5.91. The minimum Gasteiger partial charge on any atom is -0.480 e. The summed E-state index contributed by atoms with van der Waals surface area (Å²) in [5.41, 5.74) is 4.74. The van der Waals surface area contributed by atoms with Crippen molar-refractivity contribution < 1.29 is 29.0 Å². The second kappa shape index (κ2) is 10.1. The number of hydrogen-bond acceptors (Lipinski definition) is 6. The van der Waals surface area contributed by atoms with E-state index >= 15 is 0 Å². The lowest BCUT2D eigenvalue weighted by atomic mass is 10.1. The zero-order valence-electron chi connectivity index (χ0n) is 16.1. The number of amides is 3. The average Bonchev–Trinajstić information content (AvgIpc) is 3.02. The van der Waals surface area contributed by atoms with Crippen molar-refractivity contribution in [2.45, 2.75) is 64.1 Å². The Bertz CT molecular complexity index is 560. The summed E-state index contributed by atoms with van der Waals surface area (Å²) in [7, 11) is 0. The smallest absolute Gasteiger partial charge is 0.407 e. The van der Waals surface area contributed by atoms with Gasteiger partial charge in [-0.15, -0.1) is 0 Å². The maximum atomic E-state index is 12.4. The molecule has 10 nitrogen and oxygen atoms in total. The Morgan fingerprint density at radius 2 is 1.96 bits per heavy atom. The first-order valence-electron chi connectivity index (χ1n) is 9.04. The number of nitrogens with two attached hydrogens (primary N) is 1. The molecule has 0 aromatic heterocycles. The van der Waals surface area contributed by atoms with Crippen LogP contribution in [0.2, 0.25) is 0 Å². The Morgan fingerprint density at radius 3 is 2.52 bits per heavy atom. The summed E-state index contributed by atoms with van der Waals surface area (Å²) in [6.07, 6.45) is 0.636. The molecule has 1 aliphatic heterocycles. The number of carboxylic acids is 1. The van der Waals surface area contributed by atoms with Crippen LogP contribution in [-0.2, 0) is 19.1 Å². The van der Waals surface area contributed by atoms with Crippen molar-refractivity contribution >= 4 is 23.9 Å². The van der Waals surface area contributed by atoms with Crippen molar-refractivity contribution in [3.8, 4) is 0 Å². The third-order valence-electron chi connectivity index (χ3n) is 3.95. The summed E-state index contributed by atoms with van der Waals surface area (Å²) in [4.78, 5) is 49.0. The normalized spacial score (nSPS) is 17.9. The maximum Gasteiger partial charge on any atom is 0.407 e. The highest BCUT2D eigenvalue weighted by Crippen LogP contribution is 2.18. The summed E-state index contributed by atoms with van der Waals surface area (Å²) >= 11 is 0. The fourth-order valence-corrected chi connectivity index (χ4v) is 2.76. The minimum atomic E-state index is -1.16.